The number of nitrogens with one attached hydrogen (secondary N) is 2. The number of nitrogens with two attached hydrogens (primary N) is 1. The zero-order chi connectivity index (χ0) is 11.7. The molecule has 7 nitrogen and oxygen atoms in total. The smallest absolute Gasteiger partial charge is 0.224 e. The molecule has 0 unspecified atom stereocenters. The van der Waals surface area contributed by atoms with Crippen LogP contribution >= 0.6 is 11.3 Å². The van der Waals surface area contributed by atoms with E-state index in [9.17, 15) is 0 Å². The number of anilines is 2. The third kappa shape index (κ3) is 1.89. The summed E-state index contributed by atoms with van der Waals surface area (Å²) in [6.45, 7) is 0.654. The van der Waals surface area contributed by atoms with Crippen molar-refractivity contribution in [3.63, 3.8) is 0 Å². The quantitative estimate of drug-likeness (QED) is 0.637. The largest absolute Gasteiger partial charge is 0.368 e. The van der Waals surface area contributed by atoms with Gasteiger partial charge in [-0.25, -0.2) is 0 Å². The fourth-order valence-electron chi connectivity index (χ4n) is 1.49. The second-order valence-corrected chi connectivity index (χ2v) is 4.35. The Bertz CT molecular complexity index is 630. The molecule has 0 radical (unpaired) electrons. The van der Waals surface area contributed by atoms with Crippen LogP contribution in [0.3, 0.4) is 0 Å². The molecule has 0 saturated carbocycles. The van der Waals surface area contributed by atoms with E-state index in [2.05, 4.69) is 30.5 Å². The third-order valence-corrected chi connectivity index (χ3v) is 3.02. The first-order valence-electron chi connectivity index (χ1n) is 4.91. The number of nitrogen functional groups attached to an aromatic ring is 1. The van der Waals surface area contributed by atoms with Crippen LogP contribution in [-0.2, 0) is 6.54 Å². The van der Waals surface area contributed by atoms with Crippen LogP contribution in [0.25, 0.3) is 11.0 Å². The lowest BCUT2D eigenvalue weighted by molar-refractivity contribution is 1.09. The maximum absolute atomic E-state index is 5.61. The summed E-state index contributed by atoms with van der Waals surface area (Å²) in [5, 5.41) is 10.7. The van der Waals surface area contributed by atoms with Crippen molar-refractivity contribution in [1.29, 1.82) is 0 Å². The summed E-state index contributed by atoms with van der Waals surface area (Å²) in [6, 6.07) is 0. The van der Waals surface area contributed by atoms with Gasteiger partial charge in [-0.15, -0.1) is 11.3 Å². The summed E-state index contributed by atoms with van der Waals surface area (Å²) in [6.07, 6.45) is 3.48. The van der Waals surface area contributed by atoms with E-state index in [0.717, 1.165) is 10.3 Å². The molecule has 0 bridgehead atoms. The highest BCUT2D eigenvalue weighted by molar-refractivity contribution is 7.09. The fourth-order valence-corrected chi connectivity index (χ4v) is 2.02. The van der Waals surface area contributed by atoms with Crippen molar-refractivity contribution in [2.75, 3.05) is 11.1 Å². The highest BCUT2D eigenvalue weighted by atomic mass is 32.1. The molecule has 0 atom stereocenters. The van der Waals surface area contributed by atoms with E-state index in [1.165, 1.54) is 0 Å². The number of hydrogen-bond acceptors (Lipinski definition) is 7. The lowest BCUT2D eigenvalue weighted by Crippen LogP contribution is -2.04. The predicted molar refractivity (Wildman–Crippen MR) is 65.5 cm³/mol. The van der Waals surface area contributed by atoms with E-state index in [1.807, 2.05) is 6.20 Å². The number of aromatic amines is 1. The van der Waals surface area contributed by atoms with Gasteiger partial charge in [-0.3, -0.25) is 10.1 Å². The van der Waals surface area contributed by atoms with Gasteiger partial charge in [-0.05, 0) is 0 Å². The topological polar surface area (TPSA) is 105 Å². The van der Waals surface area contributed by atoms with Crippen LogP contribution in [0.2, 0.25) is 0 Å². The van der Waals surface area contributed by atoms with Crippen LogP contribution in [0.4, 0.5) is 11.8 Å². The van der Waals surface area contributed by atoms with Crippen LogP contribution < -0.4 is 11.1 Å². The minimum Gasteiger partial charge on any atom is -0.368 e. The zero-order valence-electron chi connectivity index (χ0n) is 8.71. The molecule has 0 aromatic carbocycles. The first kappa shape index (κ1) is 9.97. The molecule has 86 valence electrons. The minimum absolute atomic E-state index is 0.216. The third-order valence-electron chi connectivity index (χ3n) is 2.24. The van der Waals surface area contributed by atoms with Gasteiger partial charge in [-0.1, -0.05) is 0 Å². The summed E-state index contributed by atoms with van der Waals surface area (Å²) in [5.74, 6) is 0.892. The van der Waals surface area contributed by atoms with Gasteiger partial charge in [0.15, 0.2) is 5.65 Å². The van der Waals surface area contributed by atoms with Crippen molar-refractivity contribution in [2.24, 2.45) is 0 Å². The van der Waals surface area contributed by atoms with Gasteiger partial charge >= 0.3 is 0 Å². The lowest BCUT2D eigenvalue weighted by Gasteiger charge is -2.05. The molecule has 0 spiro atoms. The van der Waals surface area contributed by atoms with Crippen molar-refractivity contribution in [1.82, 2.24) is 25.1 Å². The molecule has 8 heteroatoms. The molecule has 0 aliphatic rings. The second kappa shape index (κ2) is 3.98. The monoisotopic (exact) mass is 247 g/mol. The Kier molecular flexibility index (Phi) is 2.33. The Labute approximate surface area is 100 Å². The van der Waals surface area contributed by atoms with Crippen molar-refractivity contribution in [3.8, 4) is 0 Å². The maximum Gasteiger partial charge on any atom is 0.224 e. The Morgan fingerprint density at radius 3 is 3.12 bits per heavy atom. The summed E-state index contributed by atoms with van der Waals surface area (Å²) in [7, 11) is 0. The highest BCUT2D eigenvalue weighted by Gasteiger charge is 2.07. The van der Waals surface area contributed by atoms with Crippen molar-refractivity contribution >= 4 is 34.1 Å². The summed E-state index contributed by atoms with van der Waals surface area (Å²) >= 11 is 1.58. The molecule has 3 rings (SSSR count). The standard InChI is InChI=1S/C9H9N7S/c10-9-14-7(6-3-13-16-8(6)15-9)12-2-5-1-11-4-17-5/h1,3-4H,2H2,(H4,10,12,13,14,15,16). The molecule has 0 aliphatic heterocycles. The van der Waals surface area contributed by atoms with E-state index in [1.54, 1.807) is 23.0 Å². The number of H-pyrrole nitrogens is 1. The average Bonchev–Trinajstić information content (AvgIpc) is 2.95. The Morgan fingerprint density at radius 1 is 1.35 bits per heavy atom. The van der Waals surface area contributed by atoms with Crippen LogP contribution in [0.15, 0.2) is 17.9 Å². The van der Waals surface area contributed by atoms with Crippen molar-refractivity contribution < 1.29 is 0 Å². The van der Waals surface area contributed by atoms with E-state index in [-0.39, 0.29) is 5.95 Å². The second-order valence-electron chi connectivity index (χ2n) is 3.38. The van der Waals surface area contributed by atoms with Crippen molar-refractivity contribution in [3.05, 3.63) is 22.8 Å². The first-order valence-corrected chi connectivity index (χ1v) is 5.79. The number of aromatic nitrogens is 5. The molecular formula is C9H9N7S. The maximum atomic E-state index is 5.61. The molecule has 3 aromatic rings. The van der Waals surface area contributed by atoms with Gasteiger partial charge in [-0.2, -0.15) is 15.1 Å². The van der Waals surface area contributed by atoms with Crippen LogP contribution in [0.1, 0.15) is 4.88 Å². The Hall–Kier alpha value is -2.22. The first-order chi connectivity index (χ1) is 8.33. The zero-order valence-corrected chi connectivity index (χ0v) is 9.53. The Morgan fingerprint density at radius 2 is 2.29 bits per heavy atom. The lowest BCUT2D eigenvalue weighted by atomic mass is 10.4. The van der Waals surface area contributed by atoms with Crippen molar-refractivity contribution in [2.45, 2.75) is 6.54 Å². The van der Waals surface area contributed by atoms with Gasteiger partial charge in [0, 0.05) is 11.1 Å². The predicted octanol–water partition coefficient (Wildman–Crippen LogP) is 1.00. The van der Waals surface area contributed by atoms with Crippen LogP contribution in [-0.4, -0.2) is 25.1 Å². The van der Waals surface area contributed by atoms with E-state index >= 15 is 0 Å². The summed E-state index contributed by atoms with van der Waals surface area (Å²) < 4.78 is 0. The van der Waals surface area contributed by atoms with E-state index < -0.39 is 0 Å². The SMILES string of the molecule is Nc1nc(NCc2cncs2)c2cn[nH]c2n1. The molecule has 0 fully saturated rings. The number of nitrogens with zero attached hydrogens (tertiary/aromatic N) is 4. The van der Waals surface area contributed by atoms with Gasteiger partial charge in [0.25, 0.3) is 0 Å². The highest BCUT2D eigenvalue weighted by Crippen LogP contribution is 2.19. The van der Waals surface area contributed by atoms with Gasteiger partial charge in [0.05, 0.1) is 23.6 Å². The van der Waals surface area contributed by atoms with Crippen LogP contribution in [0, 0.1) is 0 Å². The van der Waals surface area contributed by atoms with E-state index in [0.29, 0.717) is 18.0 Å². The minimum atomic E-state index is 0.216. The number of fused-ring (bicyclic) bond motifs is 1. The average molecular weight is 247 g/mol. The van der Waals surface area contributed by atoms with Gasteiger partial charge < -0.3 is 11.1 Å². The Balaban J connectivity index is 1.91. The van der Waals surface area contributed by atoms with Crippen LogP contribution in [0.5, 0.6) is 0 Å². The molecule has 0 aliphatic carbocycles. The normalized spacial score (nSPS) is 10.8. The van der Waals surface area contributed by atoms with Gasteiger partial charge in [0.2, 0.25) is 5.95 Å². The summed E-state index contributed by atoms with van der Waals surface area (Å²) in [5.41, 5.74) is 8.03. The molecular weight excluding hydrogens is 238 g/mol. The molecule has 3 heterocycles. The fraction of sp³-hybridized carbons (Fsp3) is 0.111. The molecule has 0 amide bonds. The summed E-state index contributed by atoms with van der Waals surface area (Å²) in [4.78, 5) is 13.3. The number of hydrogen-bond donors (Lipinski definition) is 3. The van der Waals surface area contributed by atoms with E-state index in [4.69, 9.17) is 5.73 Å². The molecule has 17 heavy (non-hydrogen) atoms. The molecule has 3 aromatic heterocycles. The molecule has 0 saturated heterocycles. The molecule has 4 N–H and O–H groups in total. The number of rotatable bonds is 3. The number of thiazole rings is 1. The van der Waals surface area contributed by atoms with Gasteiger partial charge in [0.1, 0.15) is 5.82 Å².